The van der Waals surface area contributed by atoms with Crippen LogP contribution in [-0.2, 0) is 47.5 Å². The Balaban J connectivity index is 1.21. The molecule has 0 radical (unpaired) electrons. The van der Waals surface area contributed by atoms with E-state index in [9.17, 15) is 9.59 Å². The van der Waals surface area contributed by atoms with E-state index < -0.39 is 18.3 Å². The molecule has 0 aromatic carbocycles. The first-order chi connectivity index (χ1) is 25.0. The van der Waals surface area contributed by atoms with Crippen LogP contribution in [0.15, 0.2) is 36.5 Å². The SMILES string of the molecule is C=C[C@H]1CCC[C@H](OC2CCC(N(C)C)C(C)O2)[C@@H](C)C(=O)C2=C[C@@H]3[C@@H](C=C[C@@H]4C[C@@H](OC5OC(C)C(OC)C(OC)C5OC)C[C@@H]34)[C@@H]2CC(=O)O1. The molecule has 6 rings (SSSR count). The van der Waals surface area contributed by atoms with Gasteiger partial charge < -0.3 is 42.8 Å². The largest absolute Gasteiger partial charge is 0.458 e. The Hall–Kier alpha value is -1.96. The molecule has 1 saturated carbocycles. The van der Waals surface area contributed by atoms with Crippen LogP contribution in [-0.4, -0.2) is 120 Å². The second-order valence-electron chi connectivity index (χ2n) is 16.2. The molecular formula is C41H63NO10. The van der Waals surface area contributed by atoms with E-state index in [1.165, 1.54) is 0 Å². The number of esters is 1. The summed E-state index contributed by atoms with van der Waals surface area (Å²) in [6.07, 6.45) is 11.0. The molecule has 11 heteroatoms. The third-order valence-corrected chi connectivity index (χ3v) is 13.0. The second kappa shape index (κ2) is 17.2. The van der Waals surface area contributed by atoms with E-state index in [1.54, 1.807) is 27.4 Å². The number of likely N-dealkylation sites (N-methyl/N-ethyl adjacent to an activating group) is 1. The van der Waals surface area contributed by atoms with Gasteiger partial charge in [0.1, 0.15) is 24.4 Å². The number of nitrogens with zero attached hydrogens (tertiary/aromatic N) is 1. The number of fused-ring (bicyclic) bond motifs is 5. The average molecular weight is 730 g/mol. The highest BCUT2D eigenvalue weighted by Crippen LogP contribution is 2.54. The zero-order chi connectivity index (χ0) is 37.3. The van der Waals surface area contributed by atoms with Gasteiger partial charge in [-0.15, -0.1) is 0 Å². The minimum Gasteiger partial charge on any atom is -0.458 e. The fourth-order valence-electron chi connectivity index (χ4n) is 10.2. The summed E-state index contributed by atoms with van der Waals surface area (Å²) in [5, 5.41) is 0. The summed E-state index contributed by atoms with van der Waals surface area (Å²) < 4.78 is 49.4. The number of hydrogen-bond acceptors (Lipinski definition) is 11. The number of carbonyl (C=O) groups excluding carboxylic acids is 2. The quantitative estimate of drug-likeness (QED) is 0.229. The maximum atomic E-state index is 14.6. The van der Waals surface area contributed by atoms with Crippen LogP contribution in [0.2, 0.25) is 0 Å². The molecular weight excluding hydrogens is 666 g/mol. The van der Waals surface area contributed by atoms with Gasteiger partial charge in [-0.2, -0.15) is 0 Å². The van der Waals surface area contributed by atoms with Crippen molar-refractivity contribution in [1.29, 1.82) is 0 Å². The van der Waals surface area contributed by atoms with Crippen LogP contribution in [0.5, 0.6) is 0 Å². The van der Waals surface area contributed by atoms with Crippen molar-refractivity contribution < 1.29 is 47.5 Å². The summed E-state index contributed by atoms with van der Waals surface area (Å²) in [5.41, 5.74) is 0.737. The lowest BCUT2D eigenvalue weighted by Gasteiger charge is -2.44. The van der Waals surface area contributed by atoms with E-state index in [0.717, 1.165) is 37.7 Å². The van der Waals surface area contributed by atoms with E-state index in [0.29, 0.717) is 18.9 Å². The predicted molar refractivity (Wildman–Crippen MR) is 194 cm³/mol. The third-order valence-electron chi connectivity index (χ3n) is 13.0. The summed E-state index contributed by atoms with van der Waals surface area (Å²) in [4.78, 5) is 30.3. The predicted octanol–water partition coefficient (Wildman–Crippen LogP) is 5.26. The van der Waals surface area contributed by atoms with Crippen molar-refractivity contribution in [2.75, 3.05) is 35.4 Å². The highest BCUT2D eigenvalue weighted by atomic mass is 16.7. The fourth-order valence-corrected chi connectivity index (χ4v) is 10.2. The van der Waals surface area contributed by atoms with Crippen molar-refractivity contribution in [3.63, 3.8) is 0 Å². The topological polar surface area (TPSA) is 111 Å². The molecule has 0 aromatic heterocycles. The van der Waals surface area contributed by atoms with Crippen molar-refractivity contribution >= 4 is 11.8 Å². The number of rotatable bonds is 9. The number of ether oxygens (including phenoxy) is 8. The molecule has 0 N–H and O–H groups in total. The number of Topliss-reactive ketones (excluding diaryl/α,β-unsaturated/α-hetero) is 1. The molecule has 0 spiro atoms. The summed E-state index contributed by atoms with van der Waals surface area (Å²) >= 11 is 0. The zero-order valence-electron chi connectivity index (χ0n) is 32.5. The molecule has 3 aliphatic carbocycles. The maximum absolute atomic E-state index is 14.6. The molecule has 0 aromatic rings. The van der Waals surface area contributed by atoms with Gasteiger partial charge in [-0.05, 0) is 102 Å². The van der Waals surface area contributed by atoms with Crippen LogP contribution in [0.25, 0.3) is 0 Å². The van der Waals surface area contributed by atoms with Gasteiger partial charge in [0.25, 0.3) is 0 Å². The molecule has 3 aliphatic heterocycles. The number of hydrogen-bond donors (Lipinski definition) is 0. The molecule has 292 valence electrons. The van der Waals surface area contributed by atoms with Gasteiger partial charge in [-0.3, -0.25) is 9.59 Å². The summed E-state index contributed by atoms with van der Waals surface area (Å²) in [5.74, 6) is -0.207. The molecule has 8 unspecified atom stereocenters. The van der Waals surface area contributed by atoms with Crippen molar-refractivity contribution in [3.8, 4) is 0 Å². The molecule has 0 amide bonds. The smallest absolute Gasteiger partial charge is 0.307 e. The van der Waals surface area contributed by atoms with Crippen LogP contribution >= 0.6 is 0 Å². The number of methoxy groups -OCH3 is 3. The Labute approximate surface area is 310 Å². The number of carbonyl (C=O) groups is 2. The van der Waals surface area contributed by atoms with E-state index in [-0.39, 0.29) is 96.8 Å². The first-order valence-corrected chi connectivity index (χ1v) is 19.6. The Bertz CT molecular complexity index is 1320. The van der Waals surface area contributed by atoms with E-state index >= 15 is 0 Å². The number of ketones is 1. The molecule has 0 bridgehead atoms. The molecule has 11 nitrogen and oxygen atoms in total. The normalized spacial score (nSPS) is 45.6. The maximum Gasteiger partial charge on any atom is 0.307 e. The Morgan fingerprint density at radius 3 is 2.27 bits per heavy atom. The molecule has 17 atom stereocenters. The van der Waals surface area contributed by atoms with Crippen molar-refractivity contribution in [3.05, 3.63) is 36.5 Å². The Kier molecular flexibility index (Phi) is 13.2. The minimum absolute atomic E-state index is 0.0201. The lowest BCUT2D eigenvalue weighted by molar-refractivity contribution is -0.314. The monoisotopic (exact) mass is 729 g/mol. The van der Waals surface area contributed by atoms with Crippen molar-refractivity contribution in [2.24, 2.45) is 35.5 Å². The lowest BCUT2D eigenvalue weighted by atomic mass is 9.70. The Morgan fingerprint density at radius 2 is 1.60 bits per heavy atom. The van der Waals surface area contributed by atoms with Crippen LogP contribution in [0.3, 0.4) is 0 Å². The first-order valence-electron chi connectivity index (χ1n) is 19.6. The minimum atomic E-state index is -0.602. The third kappa shape index (κ3) is 8.17. The van der Waals surface area contributed by atoms with Gasteiger partial charge in [0.15, 0.2) is 18.4 Å². The molecule has 3 saturated heterocycles. The molecule has 4 fully saturated rings. The lowest BCUT2D eigenvalue weighted by Crippen LogP contribution is -2.59. The van der Waals surface area contributed by atoms with Gasteiger partial charge in [0, 0.05) is 39.2 Å². The van der Waals surface area contributed by atoms with Crippen LogP contribution in [0.1, 0.15) is 72.1 Å². The van der Waals surface area contributed by atoms with Crippen LogP contribution in [0.4, 0.5) is 0 Å². The zero-order valence-corrected chi connectivity index (χ0v) is 32.5. The standard InChI is InChI=1S/C41H63NO10/c1-10-26-12-11-13-34(52-36-17-16-33(42(5)6)23(3)48-36)22(2)37(44)32-20-30-28(31(32)21-35(43)50-26)15-14-25-18-27(19-29(25)30)51-41-40(47-9)39(46-8)38(45-7)24(4)49-41/h10,14-15,20,22-31,33-34,36,38-41H,1,11-13,16-19,21H2,2-9H3/t22-,23?,24?,25-,26+,27-,28-,29-,30-,31+,33?,34+,36?,38?,39?,40?,41?/m1/s1. The average Bonchev–Trinajstić information content (AvgIpc) is 3.70. The molecule has 52 heavy (non-hydrogen) atoms. The summed E-state index contributed by atoms with van der Waals surface area (Å²) in [6, 6.07) is 0.328. The number of cyclic esters (lactones) is 1. The van der Waals surface area contributed by atoms with Gasteiger partial charge >= 0.3 is 5.97 Å². The van der Waals surface area contributed by atoms with Crippen LogP contribution in [0, 0.1) is 35.5 Å². The van der Waals surface area contributed by atoms with Gasteiger partial charge in [0.05, 0.1) is 30.8 Å². The number of allylic oxidation sites excluding steroid dienone is 4. The second-order valence-corrected chi connectivity index (χ2v) is 16.2. The first kappa shape index (κ1) is 39.7. The Morgan fingerprint density at radius 1 is 0.846 bits per heavy atom. The van der Waals surface area contributed by atoms with Gasteiger partial charge in [0.2, 0.25) is 0 Å². The van der Waals surface area contributed by atoms with Gasteiger partial charge in [-0.25, -0.2) is 0 Å². The highest BCUT2D eigenvalue weighted by molar-refractivity contribution is 5.99. The molecule has 3 heterocycles. The van der Waals surface area contributed by atoms with Gasteiger partial charge in [-0.1, -0.05) is 37.8 Å². The van der Waals surface area contributed by atoms with Crippen molar-refractivity contribution in [2.45, 2.75) is 140 Å². The van der Waals surface area contributed by atoms with E-state index in [4.69, 9.17) is 37.9 Å². The fraction of sp³-hybridized carbons (Fsp3) is 0.805. The summed E-state index contributed by atoms with van der Waals surface area (Å²) in [7, 11) is 9.12. The van der Waals surface area contributed by atoms with Crippen LogP contribution < -0.4 is 0 Å². The molecule has 6 aliphatic rings. The van der Waals surface area contributed by atoms with E-state index in [1.807, 2.05) is 13.8 Å². The van der Waals surface area contributed by atoms with Crippen molar-refractivity contribution in [1.82, 2.24) is 4.90 Å². The summed E-state index contributed by atoms with van der Waals surface area (Å²) in [6.45, 7) is 10.0. The highest BCUT2D eigenvalue weighted by Gasteiger charge is 2.52. The van der Waals surface area contributed by atoms with E-state index in [2.05, 4.69) is 50.7 Å².